The first-order valence-corrected chi connectivity index (χ1v) is 12.6. The molecule has 1 aromatic heterocycles. The number of likely N-dealkylation sites (tertiary alicyclic amines) is 1. The molecule has 0 saturated carbocycles. The van der Waals surface area contributed by atoms with E-state index in [-0.39, 0.29) is 5.91 Å². The van der Waals surface area contributed by atoms with Crippen molar-refractivity contribution >= 4 is 51.4 Å². The zero-order chi connectivity index (χ0) is 26.8. The van der Waals surface area contributed by atoms with Crippen LogP contribution in [0.1, 0.15) is 0 Å². The Morgan fingerprint density at radius 3 is 2.68 bits per heavy atom. The average Bonchev–Trinajstić information content (AvgIpc) is 2.90. The van der Waals surface area contributed by atoms with Gasteiger partial charge >= 0.3 is 0 Å². The normalized spacial score (nSPS) is 13.6. The van der Waals surface area contributed by atoms with E-state index in [1.165, 1.54) is 6.08 Å². The van der Waals surface area contributed by atoms with Gasteiger partial charge < -0.3 is 25.2 Å². The Hall–Kier alpha value is -4.14. The van der Waals surface area contributed by atoms with E-state index in [0.717, 1.165) is 40.8 Å². The minimum atomic E-state index is -0.297. The number of anilines is 4. The number of nitrogens with zero attached hydrogens (tertiary/aromatic N) is 4. The topological polar surface area (TPSA) is 82.6 Å². The molecule has 2 heterocycles. The van der Waals surface area contributed by atoms with Gasteiger partial charge in [-0.1, -0.05) is 48.5 Å². The summed E-state index contributed by atoms with van der Waals surface area (Å²) in [6, 6.07) is 17.7. The first-order chi connectivity index (χ1) is 18.4. The van der Waals surface area contributed by atoms with Gasteiger partial charge in [0.05, 0.1) is 35.7 Å². The first kappa shape index (κ1) is 25.5. The van der Waals surface area contributed by atoms with Gasteiger partial charge in [-0.15, -0.1) is 0 Å². The fourth-order valence-electron chi connectivity index (χ4n) is 4.64. The van der Waals surface area contributed by atoms with Crippen LogP contribution in [0.4, 0.5) is 23.0 Å². The van der Waals surface area contributed by atoms with Crippen molar-refractivity contribution in [2.45, 2.75) is 6.04 Å². The number of methoxy groups -OCH3 is 1. The number of ether oxygens (including phenoxy) is 1. The minimum absolute atomic E-state index is 0.297. The van der Waals surface area contributed by atoms with Crippen molar-refractivity contribution in [3.05, 3.63) is 78.5 Å². The zero-order valence-corrected chi connectivity index (χ0v) is 22.3. The SMILES string of the molecule is C=CC(=O)Nc1cc(Nc2ncc3cccc(-c4cccc(Cl)c4)c3n2)c(OC)cc1N(C)C1CN(C)C1. The molecule has 9 heteroatoms. The van der Waals surface area contributed by atoms with E-state index in [4.69, 9.17) is 21.3 Å². The summed E-state index contributed by atoms with van der Waals surface area (Å²) in [6.45, 7) is 5.47. The van der Waals surface area contributed by atoms with Crippen LogP contribution in [-0.4, -0.2) is 61.1 Å². The third-order valence-electron chi connectivity index (χ3n) is 6.73. The maximum absolute atomic E-state index is 12.3. The smallest absolute Gasteiger partial charge is 0.247 e. The van der Waals surface area contributed by atoms with E-state index in [1.54, 1.807) is 13.3 Å². The molecule has 8 nitrogen and oxygen atoms in total. The summed E-state index contributed by atoms with van der Waals surface area (Å²) in [5, 5.41) is 7.79. The summed E-state index contributed by atoms with van der Waals surface area (Å²) in [4.78, 5) is 26.1. The highest BCUT2D eigenvalue weighted by molar-refractivity contribution is 6.30. The molecule has 2 N–H and O–H groups in total. The zero-order valence-electron chi connectivity index (χ0n) is 21.5. The molecule has 0 bridgehead atoms. The Kier molecular flexibility index (Phi) is 7.18. The number of halogens is 1. The van der Waals surface area contributed by atoms with Crippen molar-refractivity contribution < 1.29 is 9.53 Å². The Balaban J connectivity index is 1.54. The van der Waals surface area contributed by atoms with Gasteiger partial charge in [-0.05, 0) is 36.9 Å². The van der Waals surface area contributed by atoms with Crippen molar-refractivity contribution in [2.75, 3.05) is 49.8 Å². The standard InChI is InChI=1S/C29H29ClN6O2/c1-5-27(37)32-23-13-24(26(38-4)14-25(23)36(3)21-16-35(2)17-21)33-29-31-15-19-9-7-11-22(28(19)34-29)18-8-6-10-20(30)12-18/h5-15,21H,1,16-17H2,2-4H3,(H,32,37)(H,31,33,34). The summed E-state index contributed by atoms with van der Waals surface area (Å²) in [7, 11) is 5.72. The lowest BCUT2D eigenvalue weighted by Gasteiger charge is -2.43. The number of nitrogens with one attached hydrogen (secondary N) is 2. The maximum Gasteiger partial charge on any atom is 0.247 e. The van der Waals surface area contributed by atoms with E-state index >= 15 is 0 Å². The Morgan fingerprint density at radius 2 is 1.97 bits per heavy atom. The number of carbonyl (C=O) groups excluding carboxylic acids is 1. The van der Waals surface area contributed by atoms with E-state index in [1.807, 2.05) is 61.6 Å². The highest BCUT2D eigenvalue weighted by atomic mass is 35.5. The molecule has 0 spiro atoms. The van der Waals surface area contributed by atoms with E-state index in [9.17, 15) is 4.79 Å². The highest BCUT2D eigenvalue weighted by Crippen LogP contribution is 2.39. The minimum Gasteiger partial charge on any atom is -0.494 e. The lowest BCUT2D eigenvalue weighted by molar-refractivity contribution is -0.111. The molecule has 1 amide bonds. The molecule has 1 aliphatic heterocycles. The van der Waals surface area contributed by atoms with Crippen LogP contribution in [0.5, 0.6) is 5.75 Å². The van der Waals surface area contributed by atoms with Gasteiger partial charge in [-0.25, -0.2) is 9.97 Å². The molecular formula is C29H29ClN6O2. The number of carbonyl (C=O) groups is 1. The lowest BCUT2D eigenvalue weighted by Crippen LogP contribution is -2.56. The largest absolute Gasteiger partial charge is 0.494 e. The Labute approximate surface area is 226 Å². The lowest BCUT2D eigenvalue weighted by atomic mass is 10.0. The second-order valence-electron chi connectivity index (χ2n) is 9.32. The second-order valence-corrected chi connectivity index (χ2v) is 9.76. The van der Waals surface area contributed by atoms with Gasteiger partial charge in [0.2, 0.25) is 11.9 Å². The Bertz CT molecular complexity index is 1520. The number of amides is 1. The fraction of sp³-hybridized carbons (Fsp3) is 0.207. The molecule has 1 fully saturated rings. The van der Waals surface area contributed by atoms with Gasteiger partial charge in [-0.3, -0.25) is 4.79 Å². The van der Waals surface area contributed by atoms with Gasteiger partial charge in [0, 0.05) is 48.4 Å². The summed E-state index contributed by atoms with van der Waals surface area (Å²) >= 11 is 6.25. The van der Waals surface area contributed by atoms with Gasteiger partial charge in [0.15, 0.2) is 0 Å². The van der Waals surface area contributed by atoms with E-state index in [0.29, 0.717) is 34.1 Å². The average molecular weight is 529 g/mol. The molecule has 4 aromatic rings. The summed E-state index contributed by atoms with van der Waals surface area (Å²) < 4.78 is 5.74. The van der Waals surface area contributed by atoms with Crippen molar-refractivity contribution in [2.24, 2.45) is 0 Å². The fourth-order valence-corrected chi connectivity index (χ4v) is 4.83. The van der Waals surface area contributed by atoms with E-state index in [2.05, 4.69) is 39.0 Å². The molecule has 0 radical (unpaired) electrons. The molecule has 194 valence electrons. The number of aromatic nitrogens is 2. The summed E-state index contributed by atoms with van der Waals surface area (Å²) in [5.74, 6) is 0.700. The second kappa shape index (κ2) is 10.7. The maximum atomic E-state index is 12.3. The number of likely N-dealkylation sites (N-methyl/N-ethyl adjacent to an activating group) is 2. The number of hydrogen-bond acceptors (Lipinski definition) is 7. The van der Waals surface area contributed by atoms with Crippen molar-refractivity contribution in [3.63, 3.8) is 0 Å². The summed E-state index contributed by atoms with van der Waals surface area (Å²) in [6.07, 6.45) is 3.03. The molecule has 3 aromatic carbocycles. The van der Waals surface area contributed by atoms with Crippen LogP contribution in [0.2, 0.25) is 5.02 Å². The first-order valence-electron chi connectivity index (χ1n) is 12.2. The number of benzene rings is 3. The van der Waals surface area contributed by atoms with Crippen LogP contribution in [-0.2, 0) is 4.79 Å². The third-order valence-corrected chi connectivity index (χ3v) is 6.96. The van der Waals surface area contributed by atoms with Gasteiger partial charge in [0.25, 0.3) is 0 Å². The van der Waals surface area contributed by atoms with Crippen LogP contribution in [0, 0.1) is 0 Å². The van der Waals surface area contributed by atoms with Gasteiger partial charge in [-0.2, -0.15) is 0 Å². The van der Waals surface area contributed by atoms with Crippen molar-refractivity contribution in [3.8, 4) is 16.9 Å². The summed E-state index contributed by atoms with van der Waals surface area (Å²) in [5.41, 5.74) is 4.81. The number of hydrogen-bond donors (Lipinski definition) is 2. The molecule has 38 heavy (non-hydrogen) atoms. The van der Waals surface area contributed by atoms with Crippen LogP contribution in [0.15, 0.2) is 73.4 Å². The van der Waals surface area contributed by atoms with Crippen LogP contribution in [0.25, 0.3) is 22.0 Å². The number of rotatable bonds is 8. The Morgan fingerprint density at radius 1 is 1.18 bits per heavy atom. The molecule has 1 saturated heterocycles. The molecule has 0 atom stereocenters. The molecule has 5 rings (SSSR count). The van der Waals surface area contributed by atoms with Crippen LogP contribution in [0.3, 0.4) is 0 Å². The van der Waals surface area contributed by atoms with Crippen molar-refractivity contribution in [1.29, 1.82) is 0 Å². The highest BCUT2D eigenvalue weighted by Gasteiger charge is 2.29. The molecule has 0 aliphatic carbocycles. The third kappa shape index (κ3) is 5.14. The van der Waals surface area contributed by atoms with Crippen LogP contribution >= 0.6 is 11.6 Å². The van der Waals surface area contributed by atoms with E-state index < -0.39 is 0 Å². The number of fused-ring (bicyclic) bond motifs is 1. The predicted molar refractivity (Wildman–Crippen MR) is 155 cm³/mol. The van der Waals surface area contributed by atoms with Crippen LogP contribution < -0.4 is 20.3 Å². The molecule has 1 aliphatic rings. The molecular weight excluding hydrogens is 500 g/mol. The quantitative estimate of drug-likeness (QED) is 0.289. The molecule has 0 unspecified atom stereocenters. The monoisotopic (exact) mass is 528 g/mol. The predicted octanol–water partition coefficient (Wildman–Crippen LogP) is 5.58. The van der Waals surface area contributed by atoms with Crippen molar-refractivity contribution in [1.82, 2.24) is 14.9 Å². The van der Waals surface area contributed by atoms with Gasteiger partial charge in [0.1, 0.15) is 5.75 Å². The number of para-hydroxylation sites is 1.